The molecule has 0 aromatic heterocycles. The first kappa shape index (κ1) is 4.31. The first-order valence-electron chi connectivity index (χ1n) is 1.91. The lowest BCUT2D eigenvalue weighted by atomic mass is 10.7. The standard InChI is InChI=1S/C2H7N2OP/c5-6-3-1-2-4-6/h6H,1-2H2,(H2,3,4,5). The summed E-state index contributed by atoms with van der Waals surface area (Å²) < 4.78 is 10.2. The molecule has 0 spiro atoms. The van der Waals surface area contributed by atoms with Gasteiger partial charge in [0.25, 0.3) is 0 Å². The molecule has 0 saturated carbocycles. The predicted molar refractivity (Wildman–Crippen MR) is 25.0 cm³/mol. The summed E-state index contributed by atoms with van der Waals surface area (Å²) in [6, 6.07) is 0. The Morgan fingerprint density at radius 1 is 1.33 bits per heavy atom. The van der Waals surface area contributed by atoms with E-state index in [-0.39, 0.29) is 0 Å². The monoisotopic (exact) mass is 106 g/mol. The number of hydrogen-bond donors (Lipinski definition) is 2. The Morgan fingerprint density at radius 3 is 2.00 bits per heavy atom. The summed E-state index contributed by atoms with van der Waals surface area (Å²) in [7, 11) is -1.51. The zero-order chi connectivity index (χ0) is 4.41. The fraction of sp³-hybridized carbons (Fsp3) is 1.00. The van der Waals surface area contributed by atoms with Gasteiger partial charge in [-0.05, 0) is 0 Å². The molecule has 0 amide bonds. The van der Waals surface area contributed by atoms with Gasteiger partial charge in [-0.2, -0.15) is 0 Å². The normalized spacial score (nSPS) is 25.3. The van der Waals surface area contributed by atoms with Gasteiger partial charge < -0.3 is 0 Å². The lowest BCUT2D eigenvalue weighted by Crippen LogP contribution is -1.99. The maximum atomic E-state index is 10.2. The van der Waals surface area contributed by atoms with Gasteiger partial charge in [-0.1, -0.05) is 0 Å². The molecule has 0 unspecified atom stereocenters. The van der Waals surface area contributed by atoms with E-state index in [0.29, 0.717) is 0 Å². The van der Waals surface area contributed by atoms with Crippen molar-refractivity contribution in [2.24, 2.45) is 0 Å². The summed E-state index contributed by atoms with van der Waals surface area (Å²) in [6.45, 7) is 1.72. The number of hydrogen-bond acceptors (Lipinski definition) is 1. The Balaban J connectivity index is 2.37. The molecular weight excluding hydrogens is 99.0 g/mol. The van der Waals surface area contributed by atoms with Gasteiger partial charge in [0.1, 0.15) is 0 Å². The van der Waals surface area contributed by atoms with Gasteiger partial charge in [-0.15, -0.1) is 0 Å². The van der Waals surface area contributed by atoms with Crippen molar-refractivity contribution in [2.75, 3.05) is 13.1 Å². The van der Waals surface area contributed by atoms with Crippen molar-refractivity contribution < 1.29 is 4.57 Å². The van der Waals surface area contributed by atoms with Crippen LogP contribution in [-0.4, -0.2) is 13.1 Å². The van der Waals surface area contributed by atoms with E-state index < -0.39 is 8.10 Å². The molecule has 0 aromatic rings. The van der Waals surface area contributed by atoms with Crippen molar-refractivity contribution >= 4 is 8.10 Å². The molecule has 1 aliphatic rings. The topological polar surface area (TPSA) is 41.1 Å². The second-order valence-electron chi connectivity index (χ2n) is 1.18. The summed E-state index contributed by atoms with van der Waals surface area (Å²) in [5, 5.41) is 5.51. The van der Waals surface area contributed by atoms with Crippen LogP contribution in [0.5, 0.6) is 0 Å². The van der Waals surface area contributed by atoms with Crippen LogP contribution in [0, 0.1) is 0 Å². The van der Waals surface area contributed by atoms with Crippen LogP contribution in [0.3, 0.4) is 0 Å². The SMILES string of the molecule is O=[PH]1NCCN1. The minimum Gasteiger partial charge on any atom is -0.293 e. The highest BCUT2D eigenvalue weighted by Crippen LogP contribution is 2.08. The molecule has 0 aromatic carbocycles. The van der Waals surface area contributed by atoms with Gasteiger partial charge in [-0.25, -0.2) is 0 Å². The van der Waals surface area contributed by atoms with E-state index in [9.17, 15) is 4.57 Å². The van der Waals surface area contributed by atoms with Crippen molar-refractivity contribution in [3.8, 4) is 0 Å². The quantitative estimate of drug-likeness (QED) is 0.411. The third kappa shape index (κ3) is 0.805. The second-order valence-corrected chi connectivity index (χ2v) is 2.55. The van der Waals surface area contributed by atoms with Gasteiger partial charge in [0.2, 0.25) is 0 Å². The van der Waals surface area contributed by atoms with E-state index in [4.69, 9.17) is 0 Å². The van der Waals surface area contributed by atoms with Crippen molar-refractivity contribution in [1.82, 2.24) is 10.2 Å². The highest BCUT2D eigenvalue weighted by atomic mass is 31.1. The highest BCUT2D eigenvalue weighted by molar-refractivity contribution is 7.40. The zero-order valence-electron chi connectivity index (χ0n) is 3.32. The molecule has 6 heavy (non-hydrogen) atoms. The van der Waals surface area contributed by atoms with Crippen LogP contribution < -0.4 is 10.2 Å². The molecule has 1 rings (SSSR count). The highest BCUT2D eigenvalue weighted by Gasteiger charge is 2.01. The van der Waals surface area contributed by atoms with Crippen molar-refractivity contribution in [2.45, 2.75) is 0 Å². The zero-order valence-corrected chi connectivity index (χ0v) is 4.32. The van der Waals surface area contributed by atoms with E-state index in [0.717, 1.165) is 13.1 Å². The Hall–Kier alpha value is 0.150. The van der Waals surface area contributed by atoms with Crippen LogP contribution in [-0.2, 0) is 4.57 Å². The maximum absolute atomic E-state index is 10.2. The van der Waals surface area contributed by atoms with Crippen LogP contribution in [0.15, 0.2) is 0 Å². The van der Waals surface area contributed by atoms with Crippen LogP contribution in [0.2, 0.25) is 0 Å². The Kier molecular flexibility index (Phi) is 1.25. The molecule has 4 heteroatoms. The molecule has 3 nitrogen and oxygen atoms in total. The van der Waals surface area contributed by atoms with Gasteiger partial charge in [-0.3, -0.25) is 14.7 Å². The largest absolute Gasteiger partial charge is 0.293 e. The summed E-state index contributed by atoms with van der Waals surface area (Å²) in [5.41, 5.74) is 0. The fourth-order valence-corrected chi connectivity index (χ4v) is 1.24. The Bertz CT molecular complexity index is 65.9. The lowest BCUT2D eigenvalue weighted by molar-refractivity contribution is 0.582. The van der Waals surface area contributed by atoms with E-state index in [1.165, 1.54) is 0 Å². The van der Waals surface area contributed by atoms with Crippen LogP contribution in [0.1, 0.15) is 0 Å². The molecule has 1 aliphatic heterocycles. The third-order valence-corrected chi connectivity index (χ3v) is 1.84. The average Bonchev–Trinajstić information content (AvgIpc) is 1.86. The van der Waals surface area contributed by atoms with Crippen LogP contribution >= 0.6 is 8.10 Å². The van der Waals surface area contributed by atoms with Crippen molar-refractivity contribution in [1.29, 1.82) is 0 Å². The molecule has 1 fully saturated rings. The molecule has 1 saturated heterocycles. The summed E-state index contributed by atoms with van der Waals surface area (Å²) in [5.74, 6) is 0. The third-order valence-electron chi connectivity index (χ3n) is 0.696. The van der Waals surface area contributed by atoms with E-state index in [1.807, 2.05) is 0 Å². The first-order valence-corrected chi connectivity index (χ1v) is 3.32. The van der Waals surface area contributed by atoms with Crippen molar-refractivity contribution in [3.05, 3.63) is 0 Å². The maximum Gasteiger partial charge on any atom is 0.199 e. The van der Waals surface area contributed by atoms with E-state index >= 15 is 0 Å². The Morgan fingerprint density at radius 2 is 1.83 bits per heavy atom. The summed E-state index contributed by atoms with van der Waals surface area (Å²) >= 11 is 0. The fourth-order valence-electron chi connectivity index (χ4n) is 0.415. The van der Waals surface area contributed by atoms with Gasteiger partial charge in [0, 0.05) is 13.1 Å². The van der Waals surface area contributed by atoms with E-state index in [1.54, 1.807) is 0 Å². The minimum absolute atomic E-state index is 0.859. The smallest absolute Gasteiger partial charge is 0.199 e. The number of rotatable bonds is 0. The Labute approximate surface area is 37.0 Å². The predicted octanol–water partition coefficient (Wildman–Crippen LogP) is -0.431. The molecule has 36 valence electrons. The molecule has 0 atom stereocenters. The van der Waals surface area contributed by atoms with E-state index in [2.05, 4.69) is 10.2 Å². The van der Waals surface area contributed by atoms with Gasteiger partial charge in [0.05, 0.1) is 0 Å². The molecule has 0 aliphatic carbocycles. The molecule has 0 radical (unpaired) electrons. The second kappa shape index (κ2) is 1.73. The minimum atomic E-state index is -1.51. The first-order chi connectivity index (χ1) is 2.89. The van der Waals surface area contributed by atoms with Gasteiger partial charge in [0.15, 0.2) is 8.10 Å². The van der Waals surface area contributed by atoms with Gasteiger partial charge >= 0.3 is 0 Å². The molecule has 0 bridgehead atoms. The summed E-state index contributed by atoms with van der Waals surface area (Å²) in [6.07, 6.45) is 0. The molecule has 2 N–H and O–H groups in total. The summed E-state index contributed by atoms with van der Waals surface area (Å²) in [4.78, 5) is 0. The average molecular weight is 106 g/mol. The molecular formula is C2H7N2OP. The number of nitrogens with one attached hydrogen (secondary N) is 2. The van der Waals surface area contributed by atoms with Crippen molar-refractivity contribution in [3.63, 3.8) is 0 Å². The van der Waals surface area contributed by atoms with Crippen LogP contribution in [0.4, 0.5) is 0 Å². The van der Waals surface area contributed by atoms with Crippen LogP contribution in [0.25, 0.3) is 0 Å². The molecule has 1 heterocycles. The lowest BCUT2D eigenvalue weighted by Gasteiger charge is -1.80.